The first-order valence-electron chi connectivity index (χ1n) is 6.83. The number of carbonyl (C=O) groups is 2. The molecule has 0 spiro atoms. The maximum atomic E-state index is 12.0. The van der Waals surface area contributed by atoms with Crippen molar-refractivity contribution in [2.45, 2.75) is 19.6 Å². The van der Waals surface area contributed by atoms with Crippen LogP contribution >= 0.6 is 23.2 Å². The Labute approximate surface area is 147 Å². The van der Waals surface area contributed by atoms with Crippen LogP contribution in [0.25, 0.3) is 0 Å². The predicted octanol–water partition coefficient (Wildman–Crippen LogP) is 2.12. The van der Waals surface area contributed by atoms with E-state index in [1.165, 1.54) is 36.0 Å². The molecule has 126 valence electrons. The van der Waals surface area contributed by atoms with E-state index in [4.69, 9.17) is 27.9 Å². The molecule has 9 heteroatoms. The summed E-state index contributed by atoms with van der Waals surface area (Å²) in [6.45, 7) is 1.10. The van der Waals surface area contributed by atoms with E-state index in [0.29, 0.717) is 5.02 Å². The average Bonchev–Trinajstić information content (AvgIpc) is 2.52. The van der Waals surface area contributed by atoms with Crippen molar-refractivity contribution in [3.05, 3.63) is 57.1 Å². The minimum absolute atomic E-state index is 0.105. The summed E-state index contributed by atoms with van der Waals surface area (Å²) in [6, 6.07) is 5.91. The number of carbonyl (C=O) groups excluding carboxylic acids is 2. The molecule has 1 atom stereocenters. The van der Waals surface area contributed by atoms with Crippen LogP contribution in [0.1, 0.15) is 6.92 Å². The minimum atomic E-state index is -1.09. The van der Waals surface area contributed by atoms with E-state index in [-0.39, 0.29) is 22.9 Å². The van der Waals surface area contributed by atoms with Crippen LogP contribution in [-0.4, -0.2) is 27.5 Å². The molecule has 1 amide bonds. The third kappa shape index (κ3) is 4.81. The van der Waals surface area contributed by atoms with Crippen LogP contribution in [0.4, 0.5) is 5.82 Å². The molecule has 0 radical (unpaired) electrons. The van der Waals surface area contributed by atoms with Gasteiger partial charge in [0.15, 0.2) is 11.9 Å². The Kier molecular flexibility index (Phi) is 5.94. The molecule has 0 aliphatic rings. The first-order chi connectivity index (χ1) is 11.4. The molecule has 0 aromatic carbocycles. The highest BCUT2D eigenvalue weighted by atomic mass is 35.5. The largest absolute Gasteiger partial charge is 0.451 e. The van der Waals surface area contributed by atoms with Crippen LogP contribution < -0.4 is 10.9 Å². The molecule has 0 unspecified atom stereocenters. The lowest BCUT2D eigenvalue weighted by Crippen LogP contribution is -2.33. The molecule has 7 nitrogen and oxygen atoms in total. The highest BCUT2D eigenvalue weighted by Gasteiger charge is 2.19. The molecule has 0 saturated heterocycles. The summed E-state index contributed by atoms with van der Waals surface area (Å²) >= 11 is 11.6. The van der Waals surface area contributed by atoms with Gasteiger partial charge in [0, 0.05) is 18.5 Å². The van der Waals surface area contributed by atoms with E-state index in [1.54, 1.807) is 12.1 Å². The molecule has 2 aromatic heterocycles. The lowest BCUT2D eigenvalue weighted by atomic mass is 10.3. The Morgan fingerprint density at radius 3 is 2.79 bits per heavy atom. The first kappa shape index (κ1) is 18.0. The Hall–Kier alpha value is -2.38. The summed E-state index contributed by atoms with van der Waals surface area (Å²) in [6.07, 6.45) is 1.68. The average molecular weight is 370 g/mol. The van der Waals surface area contributed by atoms with Gasteiger partial charge in [-0.2, -0.15) is 0 Å². The number of amides is 1. The Morgan fingerprint density at radius 1 is 1.38 bits per heavy atom. The number of nitrogens with one attached hydrogen (secondary N) is 1. The molecule has 0 saturated carbocycles. The van der Waals surface area contributed by atoms with E-state index in [1.807, 2.05) is 0 Å². The number of esters is 1. The Bertz CT molecular complexity index is 822. The summed E-state index contributed by atoms with van der Waals surface area (Å²) in [5.41, 5.74) is -0.344. The molecule has 0 bridgehead atoms. The van der Waals surface area contributed by atoms with E-state index >= 15 is 0 Å². The summed E-state index contributed by atoms with van der Waals surface area (Å²) in [7, 11) is 0. The fourth-order valence-electron chi connectivity index (χ4n) is 1.74. The van der Waals surface area contributed by atoms with Crippen LogP contribution in [0, 0.1) is 0 Å². The van der Waals surface area contributed by atoms with Gasteiger partial charge < -0.3 is 14.6 Å². The van der Waals surface area contributed by atoms with Gasteiger partial charge in [-0.1, -0.05) is 29.3 Å². The van der Waals surface area contributed by atoms with Crippen molar-refractivity contribution in [1.29, 1.82) is 0 Å². The molecule has 0 fully saturated rings. The topological polar surface area (TPSA) is 90.3 Å². The summed E-state index contributed by atoms with van der Waals surface area (Å²) < 4.78 is 6.17. The molecular formula is C15H13Cl2N3O4. The predicted molar refractivity (Wildman–Crippen MR) is 89.1 cm³/mol. The zero-order chi connectivity index (χ0) is 17.7. The van der Waals surface area contributed by atoms with Crippen LogP contribution in [0.15, 0.2) is 41.5 Å². The third-order valence-electron chi connectivity index (χ3n) is 2.93. The van der Waals surface area contributed by atoms with Crippen molar-refractivity contribution >= 4 is 40.9 Å². The van der Waals surface area contributed by atoms with Crippen molar-refractivity contribution in [3.8, 4) is 0 Å². The lowest BCUT2D eigenvalue weighted by molar-refractivity contribution is -0.153. The highest BCUT2D eigenvalue weighted by Crippen LogP contribution is 2.22. The van der Waals surface area contributed by atoms with Crippen LogP contribution in [0.3, 0.4) is 0 Å². The van der Waals surface area contributed by atoms with Crippen molar-refractivity contribution in [1.82, 2.24) is 9.55 Å². The molecule has 0 aliphatic carbocycles. The number of rotatable bonds is 5. The van der Waals surface area contributed by atoms with Crippen LogP contribution in [-0.2, 0) is 20.9 Å². The second-order valence-corrected chi connectivity index (χ2v) is 5.62. The number of halogens is 2. The van der Waals surface area contributed by atoms with E-state index in [0.717, 1.165) is 0 Å². The van der Waals surface area contributed by atoms with Crippen molar-refractivity contribution in [2.24, 2.45) is 0 Å². The standard InChI is InChI=1S/C15H13Cl2N3O4/c1-9(15(23)19-14-11(17)6-10(16)7-18-14)24-13(22)8-20-5-3-2-4-12(20)21/h2-7,9H,8H2,1H3,(H,18,19,23)/t9-/m0/s1. The van der Waals surface area contributed by atoms with Crippen molar-refractivity contribution in [3.63, 3.8) is 0 Å². The number of hydrogen-bond acceptors (Lipinski definition) is 5. The highest BCUT2D eigenvalue weighted by molar-refractivity contribution is 6.36. The first-order valence-corrected chi connectivity index (χ1v) is 7.59. The maximum Gasteiger partial charge on any atom is 0.326 e. The molecule has 2 aromatic rings. The fraction of sp³-hybridized carbons (Fsp3) is 0.200. The fourth-order valence-corrected chi connectivity index (χ4v) is 2.17. The quantitative estimate of drug-likeness (QED) is 0.815. The monoisotopic (exact) mass is 369 g/mol. The van der Waals surface area contributed by atoms with Gasteiger partial charge in [-0.05, 0) is 19.1 Å². The number of nitrogens with zero attached hydrogens (tertiary/aromatic N) is 2. The van der Waals surface area contributed by atoms with Gasteiger partial charge in [0.2, 0.25) is 0 Å². The Morgan fingerprint density at radius 2 is 2.12 bits per heavy atom. The molecule has 24 heavy (non-hydrogen) atoms. The van der Waals surface area contributed by atoms with Gasteiger partial charge in [0.1, 0.15) is 6.54 Å². The number of hydrogen-bond donors (Lipinski definition) is 1. The lowest BCUT2D eigenvalue weighted by Gasteiger charge is -2.14. The van der Waals surface area contributed by atoms with Crippen LogP contribution in [0.2, 0.25) is 10.0 Å². The number of pyridine rings is 2. The van der Waals surface area contributed by atoms with E-state index in [9.17, 15) is 14.4 Å². The third-order valence-corrected chi connectivity index (χ3v) is 3.42. The van der Waals surface area contributed by atoms with E-state index in [2.05, 4.69) is 10.3 Å². The van der Waals surface area contributed by atoms with Gasteiger partial charge in [0.25, 0.3) is 11.5 Å². The molecule has 2 heterocycles. The second kappa shape index (κ2) is 7.94. The zero-order valence-corrected chi connectivity index (χ0v) is 14.0. The normalized spacial score (nSPS) is 11.6. The smallest absolute Gasteiger partial charge is 0.326 e. The molecule has 1 N–H and O–H groups in total. The number of aromatic nitrogens is 2. The Balaban J connectivity index is 1.94. The number of anilines is 1. The summed E-state index contributed by atoms with van der Waals surface area (Å²) in [5, 5.41) is 2.91. The summed E-state index contributed by atoms with van der Waals surface area (Å²) in [4.78, 5) is 39.2. The molecule has 0 aliphatic heterocycles. The maximum absolute atomic E-state index is 12.0. The van der Waals surface area contributed by atoms with Crippen LogP contribution in [0.5, 0.6) is 0 Å². The summed E-state index contributed by atoms with van der Waals surface area (Å²) in [5.74, 6) is -1.23. The second-order valence-electron chi connectivity index (χ2n) is 4.77. The zero-order valence-electron chi connectivity index (χ0n) is 12.5. The molecular weight excluding hydrogens is 357 g/mol. The van der Waals surface area contributed by atoms with Gasteiger partial charge in [-0.25, -0.2) is 4.98 Å². The van der Waals surface area contributed by atoms with Crippen molar-refractivity contribution in [2.75, 3.05) is 5.32 Å². The van der Waals surface area contributed by atoms with Gasteiger partial charge in [-0.3, -0.25) is 14.4 Å². The number of ether oxygens (including phenoxy) is 1. The van der Waals surface area contributed by atoms with Gasteiger partial charge in [-0.15, -0.1) is 0 Å². The molecule has 2 rings (SSSR count). The van der Waals surface area contributed by atoms with Gasteiger partial charge >= 0.3 is 5.97 Å². The van der Waals surface area contributed by atoms with Gasteiger partial charge in [0.05, 0.1) is 10.0 Å². The van der Waals surface area contributed by atoms with Crippen molar-refractivity contribution < 1.29 is 14.3 Å². The SMILES string of the molecule is C[C@H](OC(=O)Cn1ccccc1=O)C(=O)Nc1ncc(Cl)cc1Cl. The minimum Gasteiger partial charge on any atom is -0.451 e. The van der Waals surface area contributed by atoms with E-state index < -0.39 is 18.0 Å².